The minimum Gasteiger partial charge on any atom is -0.468 e. The SMILES string of the molecule is COC(=O)[C@]1(c2cccc(F)c2C)C=C(c2cncnc2)CC1. The highest BCUT2D eigenvalue weighted by Crippen LogP contribution is 2.44. The van der Waals surface area contributed by atoms with Crippen molar-refractivity contribution in [2.75, 3.05) is 7.11 Å². The third-order valence-corrected chi connectivity index (χ3v) is 4.44. The van der Waals surface area contributed by atoms with Gasteiger partial charge in [-0.05, 0) is 42.5 Å². The van der Waals surface area contributed by atoms with E-state index in [0.717, 1.165) is 11.1 Å². The van der Waals surface area contributed by atoms with Gasteiger partial charge >= 0.3 is 5.97 Å². The molecule has 0 unspecified atom stereocenters. The molecule has 1 aliphatic rings. The molecule has 1 atom stereocenters. The highest BCUT2D eigenvalue weighted by Gasteiger charge is 2.44. The summed E-state index contributed by atoms with van der Waals surface area (Å²) in [7, 11) is 1.36. The first-order chi connectivity index (χ1) is 11.1. The highest BCUT2D eigenvalue weighted by molar-refractivity contribution is 5.91. The van der Waals surface area contributed by atoms with Crippen molar-refractivity contribution in [3.8, 4) is 0 Å². The fourth-order valence-corrected chi connectivity index (χ4v) is 3.22. The molecular weight excluding hydrogens is 295 g/mol. The maximum atomic E-state index is 14.0. The molecule has 118 valence electrons. The molecule has 0 aliphatic heterocycles. The van der Waals surface area contributed by atoms with E-state index in [2.05, 4.69) is 9.97 Å². The maximum absolute atomic E-state index is 14.0. The van der Waals surface area contributed by atoms with Crippen molar-refractivity contribution in [3.05, 3.63) is 65.5 Å². The van der Waals surface area contributed by atoms with Gasteiger partial charge in [-0.25, -0.2) is 14.4 Å². The van der Waals surface area contributed by atoms with E-state index in [1.165, 1.54) is 19.5 Å². The molecule has 1 aromatic heterocycles. The molecule has 0 fully saturated rings. The lowest BCUT2D eigenvalue weighted by Crippen LogP contribution is -2.34. The Labute approximate surface area is 134 Å². The van der Waals surface area contributed by atoms with Gasteiger partial charge in [0.05, 0.1) is 7.11 Å². The normalized spacial score (nSPS) is 20.2. The smallest absolute Gasteiger partial charge is 0.320 e. The topological polar surface area (TPSA) is 52.1 Å². The standard InChI is InChI=1S/C18H17FN2O2/c1-12-15(4-3-5-16(12)19)18(17(22)23-2)7-6-13(8-18)14-9-20-11-21-10-14/h3-5,8-11H,6-7H2,1-2H3/t18-/m0/s1. The number of rotatable bonds is 3. The number of nitrogens with zero attached hydrogens (tertiary/aromatic N) is 2. The van der Waals surface area contributed by atoms with Crippen LogP contribution < -0.4 is 0 Å². The average Bonchev–Trinajstić information content (AvgIpc) is 3.04. The van der Waals surface area contributed by atoms with Crippen LogP contribution >= 0.6 is 0 Å². The van der Waals surface area contributed by atoms with Crippen LogP contribution in [0.2, 0.25) is 0 Å². The number of benzene rings is 1. The molecule has 5 heteroatoms. The van der Waals surface area contributed by atoms with Gasteiger partial charge < -0.3 is 4.74 Å². The first-order valence-corrected chi connectivity index (χ1v) is 7.39. The molecule has 0 amide bonds. The minimum atomic E-state index is -0.966. The van der Waals surface area contributed by atoms with Gasteiger partial charge in [-0.2, -0.15) is 0 Å². The lowest BCUT2D eigenvalue weighted by molar-refractivity contribution is -0.145. The Hall–Kier alpha value is -2.56. The summed E-state index contributed by atoms with van der Waals surface area (Å²) < 4.78 is 19.0. The number of carbonyl (C=O) groups is 1. The Bertz CT molecular complexity index is 774. The first-order valence-electron chi connectivity index (χ1n) is 7.39. The lowest BCUT2D eigenvalue weighted by atomic mass is 9.77. The Kier molecular flexibility index (Phi) is 3.94. The molecule has 0 saturated heterocycles. The third kappa shape index (κ3) is 2.52. The first kappa shape index (κ1) is 15.3. The third-order valence-electron chi connectivity index (χ3n) is 4.44. The molecule has 4 nitrogen and oxygen atoms in total. The second kappa shape index (κ2) is 5.91. The number of methoxy groups -OCH3 is 1. The van der Waals surface area contributed by atoms with Crippen molar-refractivity contribution in [1.82, 2.24) is 9.97 Å². The number of carbonyl (C=O) groups excluding carboxylic acids is 1. The van der Waals surface area contributed by atoms with Gasteiger partial charge in [-0.1, -0.05) is 18.2 Å². The van der Waals surface area contributed by atoms with Gasteiger partial charge in [0.25, 0.3) is 0 Å². The highest BCUT2D eigenvalue weighted by atomic mass is 19.1. The number of hydrogen-bond donors (Lipinski definition) is 0. The van der Waals surface area contributed by atoms with E-state index in [1.807, 2.05) is 6.08 Å². The molecule has 0 saturated carbocycles. The van der Waals surface area contributed by atoms with Gasteiger partial charge in [0.15, 0.2) is 0 Å². The Morgan fingerprint density at radius 2 is 2.04 bits per heavy atom. The summed E-state index contributed by atoms with van der Waals surface area (Å²) in [6.07, 6.45) is 7.98. The van der Waals surface area contributed by atoms with E-state index in [0.29, 0.717) is 24.0 Å². The van der Waals surface area contributed by atoms with Crippen molar-refractivity contribution in [1.29, 1.82) is 0 Å². The summed E-state index contributed by atoms with van der Waals surface area (Å²) in [5.41, 5.74) is 1.99. The second-order valence-electron chi connectivity index (χ2n) is 5.67. The largest absolute Gasteiger partial charge is 0.468 e. The quantitative estimate of drug-likeness (QED) is 0.817. The zero-order chi connectivity index (χ0) is 16.4. The molecule has 1 aliphatic carbocycles. The van der Waals surface area contributed by atoms with E-state index in [-0.39, 0.29) is 11.8 Å². The Balaban J connectivity index is 2.15. The van der Waals surface area contributed by atoms with Gasteiger partial charge in [0, 0.05) is 18.0 Å². The molecule has 1 aromatic carbocycles. The molecule has 3 rings (SSSR count). The van der Waals surface area contributed by atoms with Gasteiger partial charge in [0.1, 0.15) is 17.6 Å². The monoisotopic (exact) mass is 312 g/mol. The number of hydrogen-bond acceptors (Lipinski definition) is 4. The van der Waals surface area contributed by atoms with Crippen LogP contribution in [-0.2, 0) is 14.9 Å². The van der Waals surface area contributed by atoms with E-state index < -0.39 is 5.41 Å². The van der Waals surface area contributed by atoms with Crippen molar-refractivity contribution >= 4 is 11.5 Å². The van der Waals surface area contributed by atoms with Crippen LogP contribution in [-0.4, -0.2) is 23.0 Å². The molecular formula is C18H17FN2O2. The van der Waals surface area contributed by atoms with Gasteiger partial charge in [0.2, 0.25) is 0 Å². The zero-order valence-electron chi connectivity index (χ0n) is 13.0. The van der Waals surface area contributed by atoms with Gasteiger partial charge in [-0.3, -0.25) is 4.79 Å². The number of allylic oxidation sites excluding steroid dienone is 1. The summed E-state index contributed by atoms with van der Waals surface area (Å²) in [5, 5.41) is 0. The van der Waals surface area contributed by atoms with Crippen LogP contribution in [0.4, 0.5) is 4.39 Å². The van der Waals surface area contributed by atoms with E-state index in [1.54, 1.807) is 31.5 Å². The summed E-state index contributed by atoms with van der Waals surface area (Å²) in [6, 6.07) is 4.81. The maximum Gasteiger partial charge on any atom is 0.320 e. The molecule has 0 spiro atoms. The van der Waals surface area contributed by atoms with Crippen LogP contribution in [0.25, 0.3) is 5.57 Å². The second-order valence-corrected chi connectivity index (χ2v) is 5.67. The fraction of sp³-hybridized carbons (Fsp3) is 0.278. The molecule has 0 N–H and O–H groups in total. The summed E-state index contributed by atoms with van der Waals surface area (Å²) in [6.45, 7) is 1.69. The summed E-state index contributed by atoms with van der Waals surface area (Å²) in [5.74, 6) is -0.700. The van der Waals surface area contributed by atoms with Crippen LogP contribution in [0.3, 0.4) is 0 Å². The van der Waals surface area contributed by atoms with Crippen LogP contribution in [0.1, 0.15) is 29.5 Å². The van der Waals surface area contributed by atoms with Crippen LogP contribution in [0.5, 0.6) is 0 Å². The van der Waals surface area contributed by atoms with E-state index >= 15 is 0 Å². The van der Waals surface area contributed by atoms with E-state index in [9.17, 15) is 9.18 Å². The fourth-order valence-electron chi connectivity index (χ4n) is 3.22. The Morgan fingerprint density at radius 3 is 2.74 bits per heavy atom. The van der Waals surface area contributed by atoms with Crippen LogP contribution in [0.15, 0.2) is 43.0 Å². The molecule has 2 aromatic rings. The van der Waals surface area contributed by atoms with Crippen molar-refractivity contribution < 1.29 is 13.9 Å². The van der Waals surface area contributed by atoms with Crippen molar-refractivity contribution in [3.63, 3.8) is 0 Å². The van der Waals surface area contributed by atoms with Gasteiger partial charge in [-0.15, -0.1) is 0 Å². The predicted octanol–water partition coefficient (Wildman–Crippen LogP) is 3.21. The zero-order valence-corrected chi connectivity index (χ0v) is 13.0. The summed E-state index contributed by atoms with van der Waals surface area (Å²) in [4.78, 5) is 20.6. The number of aromatic nitrogens is 2. The van der Waals surface area contributed by atoms with Crippen molar-refractivity contribution in [2.24, 2.45) is 0 Å². The molecule has 1 heterocycles. The Morgan fingerprint density at radius 1 is 1.30 bits per heavy atom. The lowest BCUT2D eigenvalue weighted by Gasteiger charge is -2.26. The minimum absolute atomic E-state index is 0.323. The molecule has 0 radical (unpaired) electrons. The number of halogens is 1. The predicted molar refractivity (Wildman–Crippen MR) is 84.1 cm³/mol. The average molecular weight is 312 g/mol. The molecule has 0 bridgehead atoms. The van der Waals surface area contributed by atoms with E-state index in [4.69, 9.17) is 4.74 Å². The van der Waals surface area contributed by atoms with Crippen LogP contribution in [0, 0.1) is 12.7 Å². The number of esters is 1. The molecule has 23 heavy (non-hydrogen) atoms. The summed E-state index contributed by atoms with van der Waals surface area (Å²) >= 11 is 0. The van der Waals surface area contributed by atoms with Crippen molar-refractivity contribution in [2.45, 2.75) is 25.2 Å². The number of ether oxygens (including phenoxy) is 1.